The van der Waals surface area contributed by atoms with Gasteiger partial charge in [0.05, 0.1) is 14.2 Å². The van der Waals surface area contributed by atoms with Crippen LogP contribution in [0.25, 0.3) is 0 Å². The highest BCUT2D eigenvalue weighted by Crippen LogP contribution is 2.28. The number of rotatable bonds is 9. The minimum atomic E-state index is 0.104. The van der Waals surface area contributed by atoms with Crippen LogP contribution in [0.4, 0.5) is 0 Å². The number of hydrogen-bond acceptors (Lipinski definition) is 3. The van der Waals surface area contributed by atoms with Crippen molar-refractivity contribution in [1.29, 1.82) is 0 Å². The minimum absolute atomic E-state index is 0.104. The monoisotopic (exact) mass is 383 g/mol. The third-order valence-corrected chi connectivity index (χ3v) is 4.87. The molecule has 28 heavy (non-hydrogen) atoms. The van der Waals surface area contributed by atoms with Gasteiger partial charge in [0.15, 0.2) is 11.5 Å². The highest BCUT2D eigenvalue weighted by molar-refractivity contribution is 5.76. The van der Waals surface area contributed by atoms with E-state index >= 15 is 0 Å². The van der Waals surface area contributed by atoms with Crippen LogP contribution in [0.3, 0.4) is 0 Å². The van der Waals surface area contributed by atoms with Crippen LogP contribution in [0, 0.1) is 0 Å². The second-order valence-corrected chi connectivity index (χ2v) is 8.09. The van der Waals surface area contributed by atoms with Crippen molar-refractivity contribution in [2.24, 2.45) is 0 Å². The molecule has 0 saturated carbocycles. The number of methoxy groups -OCH3 is 2. The average molecular weight is 384 g/mol. The Kier molecular flexibility index (Phi) is 7.91. The number of hydrogen-bond donors (Lipinski definition) is 1. The van der Waals surface area contributed by atoms with Gasteiger partial charge in [0, 0.05) is 13.0 Å². The molecule has 0 saturated heterocycles. The Morgan fingerprint density at radius 3 is 2.14 bits per heavy atom. The van der Waals surface area contributed by atoms with E-state index < -0.39 is 0 Å². The fraction of sp³-hybridized carbons (Fsp3) is 0.458. The summed E-state index contributed by atoms with van der Waals surface area (Å²) >= 11 is 0. The molecule has 0 aromatic heterocycles. The number of aryl methyl sites for hydroxylation is 2. The topological polar surface area (TPSA) is 47.6 Å². The summed E-state index contributed by atoms with van der Waals surface area (Å²) in [5.74, 6) is 1.57. The first-order chi connectivity index (χ1) is 13.3. The molecular weight excluding hydrogens is 350 g/mol. The third-order valence-electron chi connectivity index (χ3n) is 4.87. The Morgan fingerprint density at radius 2 is 1.54 bits per heavy atom. The van der Waals surface area contributed by atoms with E-state index in [1.54, 1.807) is 14.2 Å². The van der Waals surface area contributed by atoms with Crippen LogP contribution in [0.5, 0.6) is 11.5 Å². The summed E-state index contributed by atoms with van der Waals surface area (Å²) in [6.45, 7) is 7.29. The molecule has 1 N–H and O–H groups in total. The molecule has 2 rings (SSSR count). The first-order valence-electron chi connectivity index (χ1n) is 9.90. The summed E-state index contributed by atoms with van der Waals surface area (Å²) in [5, 5.41) is 3.02. The van der Waals surface area contributed by atoms with Gasteiger partial charge in [0.1, 0.15) is 0 Å². The molecule has 0 aliphatic rings. The Labute approximate surface area is 169 Å². The largest absolute Gasteiger partial charge is 0.493 e. The predicted molar refractivity (Wildman–Crippen MR) is 114 cm³/mol. The molecular formula is C24H33NO3. The van der Waals surface area contributed by atoms with E-state index in [1.807, 2.05) is 18.2 Å². The molecule has 0 atom stereocenters. The van der Waals surface area contributed by atoms with Crippen LogP contribution >= 0.6 is 0 Å². The molecule has 0 radical (unpaired) electrons. The van der Waals surface area contributed by atoms with Crippen LogP contribution in [-0.2, 0) is 23.1 Å². The summed E-state index contributed by atoms with van der Waals surface area (Å²) < 4.78 is 10.6. The standard InChI is InChI=1S/C24H33NO3/c1-24(2,3)20-12-8-18(9-13-20)11-15-23(26)25-16-6-7-19-10-14-21(27-4)22(17-19)28-5/h8-10,12-14,17H,6-7,11,15-16H2,1-5H3,(H,25,26). The van der Waals surface area contributed by atoms with E-state index in [1.165, 1.54) is 16.7 Å². The number of ether oxygens (including phenoxy) is 2. The maximum Gasteiger partial charge on any atom is 0.220 e. The van der Waals surface area contributed by atoms with Gasteiger partial charge in [-0.25, -0.2) is 0 Å². The van der Waals surface area contributed by atoms with Crippen molar-refractivity contribution in [3.63, 3.8) is 0 Å². The summed E-state index contributed by atoms with van der Waals surface area (Å²) in [6, 6.07) is 14.5. The molecule has 4 nitrogen and oxygen atoms in total. The molecule has 0 aliphatic heterocycles. The van der Waals surface area contributed by atoms with Gasteiger partial charge in [-0.15, -0.1) is 0 Å². The predicted octanol–water partition coefficient (Wildman–Crippen LogP) is 4.68. The van der Waals surface area contributed by atoms with Gasteiger partial charge in [-0.1, -0.05) is 51.1 Å². The number of amides is 1. The van der Waals surface area contributed by atoms with Crippen LogP contribution in [-0.4, -0.2) is 26.7 Å². The Balaban J connectivity index is 1.70. The normalized spacial score (nSPS) is 11.2. The fourth-order valence-corrected chi connectivity index (χ4v) is 3.07. The maximum absolute atomic E-state index is 12.1. The lowest BCUT2D eigenvalue weighted by Crippen LogP contribution is -2.25. The lowest BCUT2D eigenvalue weighted by atomic mass is 9.86. The summed E-state index contributed by atoms with van der Waals surface area (Å²) in [5.41, 5.74) is 3.85. The second-order valence-electron chi connectivity index (χ2n) is 8.09. The number of benzene rings is 2. The SMILES string of the molecule is COc1ccc(CCCNC(=O)CCc2ccc(C(C)(C)C)cc2)cc1OC. The molecule has 0 fully saturated rings. The smallest absolute Gasteiger partial charge is 0.220 e. The van der Waals surface area contributed by atoms with Crippen molar-refractivity contribution in [2.75, 3.05) is 20.8 Å². The molecule has 4 heteroatoms. The van der Waals surface area contributed by atoms with Gasteiger partial charge >= 0.3 is 0 Å². The van der Waals surface area contributed by atoms with Gasteiger partial charge < -0.3 is 14.8 Å². The van der Waals surface area contributed by atoms with Crippen molar-refractivity contribution >= 4 is 5.91 Å². The maximum atomic E-state index is 12.1. The molecule has 0 heterocycles. The summed E-state index contributed by atoms with van der Waals surface area (Å²) in [6.07, 6.45) is 3.06. The van der Waals surface area contributed by atoms with Gasteiger partial charge in [-0.3, -0.25) is 4.79 Å². The number of nitrogens with one attached hydrogen (secondary N) is 1. The van der Waals surface area contributed by atoms with Crippen LogP contribution in [0.1, 0.15) is 50.3 Å². The van der Waals surface area contributed by atoms with Gasteiger partial charge in [-0.2, -0.15) is 0 Å². The molecule has 2 aromatic rings. The summed E-state index contributed by atoms with van der Waals surface area (Å²) in [4.78, 5) is 12.1. The van der Waals surface area contributed by atoms with E-state index in [9.17, 15) is 4.79 Å². The Bertz CT molecular complexity index is 760. The molecule has 0 aliphatic carbocycles. The lowest BCUT2D eigenvalue weighted by Gasteiger charge is -2.19. The van der Waals surface area contributed by atoms with E-state index in [2.05, 4.69) is 50.4 Å². The van der Waals surface area contributed by atoms with Crippen molar-refractivity contribution in [1.82, 2.24) is 5.32 Å². The van der Waals surface area contributed by atoms with Crippen LogP contribution < -0.4 is 14.8 Å². The van der Waals surface area contributed by atoms with Crippen molar-refractivity contribution in [2.45, 2.75) is 51.9 Å². The highest BCUT2D eigenvalue weighted by Gasteiger charge is 2.13. The molecule has 1 amide bonds. The van der Waals surface area contributed by atoms with Crippen molar-refractivity contribution in [3.8, 4) is 11.5 Å². The van der Waals surface area contributed by atoms with Crippen LogP contribution in [0.15, 0.2) is 42.5 Å². The zero-order valence-corrected chi connectivity index (χ0v) is 17.8. The molecule has 0 bridgehead atoms. The van der Waals surface area contributed by atoms with E-state index in [0.29, 0.717) is 13.0 Å². The minimum Gasteiger partial charge on any atom is -0.493 e. The van der Waals surface area contributed by atoms with Crippen LogP contribution in [0.2, 0.25) is 0 Å². The van der Waals surface area contributed by atoms with Gasteiger partial charge in [0.2, 0.25) is 5.91 Å². The third kappa shape index (κ3) is 6.59. The number of carbonyl (C=O) groups excluding carboxylic acids is 1. The van der Waals surface area contributed by atoms with E-state index in [4.69, 9.17) is 9.47 Å². The molecule has 0 unspecified atom stereocenters. The van der Waals surface area contributed by atoms with Gasteiger partial charge in [-0.05, 0) is 53.5 Å². The Morgan fingerprint density at radius 1 is 0.893 bits per heavy atom. The van der Waals surface area contributed by atoms with Crippen molar-refractivity contribution in [3.05, 3.63) is 59.2 Å². The first-order valence-corrected chi connectivity index (χ1v) is 9.90. The highest BCUT2D eigenvalue weighted by atomic mass is 16.5. The van der Waals surface area contributed by atoms with E-state index in [0.717, 1.165) is 30.8 Å². The quantitative estimate of drug-likeness (QED) is 0.640. The first kappa shape index (κ1) is 21.8. The Hall–Kier alpha value is -2.49. The lowest BCUT2D eigenvalue weighted by molar-refractivity contribution is -0.121. The van der Waals surface area contributed by atoms with E-state index in [-0.39, 0.29) is 11.3 Å². The summed E-state index contributed by atoms with van der Waals surface area (Å²) in [7, 11) is 3.27. The zero-order valence-electron chi connectivity index (χ0n) is 17.8. The molecule has 152 valence electrons. The fourth-order valence-electron chi connectivity index (χ4n) is 3.07. The number of carbonyl (C=O) groups is 1. The molecule has 0 spiro atoms. The molecule has 2 aromatic carbocycles. The second kappa shape index (κ2) is 10.2. The van der Waals surface area contributed by atoms with Crippen molar-refractivity contribution < 1.29 is 14.3 Å². The zero-order chi connectivity index (χ0) is 20.6. The van der Waals surface area contributed by atoms with Gasteiger partial charge in [0.25, 0.3) is 0 Å². The average Bonchev–Trinajstić information content (AvgIpc) is 2.69.